The lowest BCUT2D eigenvalue weighted by molar-refractivity contribution is 0.0115. The molecule has 0 bridgehead atoms. The zero-order valence-corrected chi connectivity index (χ0v) is 11.6. The fraction of sp³-hybridized carbons (Fsp3) is 0.786. The highest BCUT2D eigenvalue weighted by Gasteiger charge is 2.13. The normalized spacial score (nSPS) is 20.2. The van der Waals surface area contributed by atoms with Crippen molar-refractivity contribution < 1.29 is 4.74 Å². The van der Waals surface area contributed by atoms with Gasteiger partial charge in [0.1, 0.15) is 0 Å². The summed E-state index contributed by atoms with van der Waals surface area (Å²) in [5.74, 6) is 0. The molecule has 1 fully saturated rings. The monoisotopic (exact) mass is 251 g/mol. The zero-order chi connectivity index (χ0) is 12.8. The Labute approximate surface area is 110 Å². The molecular formula is C14H25N3O. The van der Waals surface area contributed by atoms with Gasteiger partial charge in [-0.1, -0.05) is 6.92 Å². The van der Waals surface area contributed by atoms with Crippen LogP contribution < -0.4 is 5.32 Å². The first-order chi connectivity index (χ1) is 8.79. The molecule has 1 saturated heterocycles. The summed E-state index contributed by atoms with van der Waals surface area (Å²) in [4.78, 5) is 0. The highest BCUT2D eigenvalue weighted by Crippen LogP contribution is 2.14. The van der Waals surface area contributed by atoms with Gasteiger partial charge in [-0.25, -0.2) is 0 Å². The van der Waals surface area contributed by atoms with E-state index < -0.39 is 0 Å². The molecule has 1 N–H and O–H groups in total. The number of rotatable bonds is 6. The van der Waals surface area contributed by atoms with Gasteiger partial charge in [0, 0.05) is 20.2 Å². The van der Waals surface area contributed by atoms with E-state index in [-0.39, 0.29) is 0 Å². The first-order valence-corrected chi connectivity index (χ1v) is 7.13. The van der Waals surface area contributed by atoms with E-state index in [1.807, 2.05) is 11.7 Å². The highest BCUT2D eigenvalue weighted by molar-refractivity contribution is 5.09. The Hall–Kier alpha value is -0.870. The summed E-state index contributed by atoms with van der Waals surface area (Å²) < 4.78 is 7.69. The molecule has 0 radical (unpaired) electrons. The third-order valence-electron chi connectivity index (χ3n) is 3.61. The number of nitrogens with zero attached hydrogens (tertiary/aromatic N) is 2. The Morgan fingerprint density at radius 2 is 2.39 bits per heavy atom. The van der Waals surface area contributed by atoms with Gasteiger partial charge in [0.15, 0.2) is 0 Å². The second kappa shape index (κ2) is 6.90. The Balaban J connectivity index is 1.66. The molecule has 0 amide bonds. The molecular weight excluding hydrogens is 226 g/mol. The summed E-state index contributed by atoms with van der Waals surface area (Å²) in [7, 11) is 2.01. The fourth-order valence-corrected chi connectivity index (χ4v) is 2.42. The van der Waals surface area contributed by atoms with Gasteiger partial charge in [0.05, 0.1) is 17.5 Å². The lowest BCUT2D eigenvalue weighted by Gasteiger charge is -2.22. The zero-order valence-electron chi connectivity index (χ0n) is 11.6. The van der Waals surface area contributed by atoms with E-state index in [2.05, 4.69) is 23.4 Å². The molecule has 18 heavy (non-hydrogen) atoms. The van der Waals surface area contributed by atoms with Crippen molar-refractivity contribution in [3.63, 3.8) is 0 Å². The minimum atomic E-state index is 0.476. The van der Waals surface area contributed by atoms with Crippen LogP contribution in [0.2, 0.25) is 0 Å². The van der Waals surface area contributed by atoms with E-state index in [4.69, 9.17) is 4.74 Å². The lowest BCUT2D eigenvalue weighted by Crippen LogP contribution is -2.25. The van der Waals surface area contributed by atoms with E-state index in [1.165, 1.54) is 30.7 Å². The molecule has 0 saturated carbocycles. The summed E-state index contributed by atoms with van der Waals surface area (Å²) in [6, 6.07) is 2.18. The first-order valence-electron chi connectivity index (χ1n) is 7.13. The molecule has 4 nitrogen and oxygen atoms in total. The standard InChI is InChI=1S/C14H25N3O/c1-3-12-10-13(17(2)16-12)11-15-8-7-14-6-4-5-9-18-14/h10,14-15H,3-9,11H2,1-2H3. The van der Waals surface area contributed by atoms with Crippen LogP contribution in [0.1, 0.15) is 44.0 Å². The quantitative estimate of drug-likeness (QED) is 0.786. The Bertz CT molecular complexity index is 356. The molecule has 2 heterocycles. The maximum atomic E-state index is 5.72. The van der Waals surface area contributed by atoms with Gasteiger partial charge in [0.25, 0.3) is 0 Å². The van der Waals surface area contributed by atoms with E-state index in [0.29, 0.717) is 6.10 Å². The molecule has 1 aromatic heterocycles. The van der Waals surface area contributed by atoms with E-state index >= 15 is 0 Å². The Kier molecular flexibility index (Phi) is 5.20. The highest BCUT2D eigenvalue weighted by atomic mass is 16.5. The van der Waals surface area contributed by atoms with Gasteiger partial charge in [-0.2, -0.15) is 5.10 Å². The minimum absolute atomic E-state index is 0.476. The largest absolute Gasteiger partial charge is 0.378 e. The molecule has 0 aromatic carbocycles. The molecule has 1 aromatic rings. The predicted octanol–water partition coefficient (Wildman–Crippen LogP) is 2.03. The van der Waals surface area contributed by atoms with Gasteiger partial charge in [0.2, 0.25) is 0 Å². The maximum absolute atomic E-state index is 5.72. The number of aryl methyl sites for hydroxylation is 2. The number of nitrogens with one attached hydrogen (secondary N) is 1. The van der Waals surface area contributed by atoms with Crippen molar-refractivity contribution in [2.45, 2.75) is 51.7 Å². The maximum Gasteiger partial charge on any atom is 0.0625 e. The second-order valence-corrected chi connectivity index (χ2v) is 5.06. The molecule has 0 spiro atoms. The summed E-state index contributed by atoms with van der Waals surface area (Å²) in [5, 5.41) is 7.94. The van der Waals surface area contributed by atoms with Gasteiger partial charge in [-0.05, 0) is 44.7 Å². The fourth-order valence-electron chi connectivity index (χ4n) is 2.42. The summed E-state index contributed by atoms with van der Waals surface area (Å²) in [6.45, 7) is 5.01. The molecule has 1 atom stereocenters. The van der Waals surface area contributed by atoms with E-state index in [9.17, 15) is 0 Å². The number of hydrogen-bond acceptors (Lipinski definition) is 3. The number of hydrogen-bond donors (Lipinski definition) is 1. The predicted molar refractivity (Wildman–Crippen MR) is 72.5 cm³/mol. The van der Waals surface area contributed by atoms with Gasteiger partial charge in [-0.15, -0.1) is 0 Å². The van der Waals surface area contributed by atoms with Crippen molar-refractivity contribution in [2.75, 3.05) is 13.2 Å². The van der Waals surface area contributed by atoms with Crippen molar-refractivity contribution >= 4 is 0 Å². The van der Waals surface area contributed by atoms with Crippen molar-refractivity contribution in [3.05, 3.63) is 17.5 Å². The summed E-state index contributed by atoms with van der Waals surface area (Å²) >= 11 is 0. The van der Waals surface area contributed by atoms with Crippen LogP contribution in [-0.2, 0) is 24.8 Å². The van der Waals surface area contributed by atoms with Crippen LogP contribution in [-0.4, -0.2) is 29.0 Å². The third-order valence-corrected chi connectivity index (χ3v) is 3.61. The van der Waals surface area contributed by atoms with Crippen LogP contribution in [0.15, 0.2) is 6.07 Å². The first kappa shape index (κ1) is 13.6. The molecule has 1 aliphatic heterocycles. The average Bonchev–Trinajstić information content (AvgIpc) is 2.77. The van der Waals surface area contributed by atoms with Crippen LogP contribution in [0.5, 0.6) is 0 Å². The van der Waals surface area contributed by atoms with Crippen molar-refractivity contribution in [1.82, 2.24) is 15.1 Å². The Morgan fingerprint density at radius 3 is 3.06 bits per heavy atom. The SMILES string of the molecule is CCc1cc(CNCCC2CCCCO2)n(C)n1. The lowest BCUT2D eigenvalue weighted by atomic mass is 10.1. The van der Waals surface area contributed by atoms with Crippen LogP contribution in [0.25, 0.3) is 0 Å². The van der Waals surface area contributed by atoms with Crippen LogP contribution in [0.4, 0.5) is 0 Å². The topological polar surface area (TPSA) is 39.1 Å². The van der Waals surface area contributed by atoms with Crippen LogP contribution in [0, 0.1) is 0 Å². The van der Waals surface area contributed by atoms with Gasteiger partial charge in [-0.3, -0.25) is 4.68 Å². The Morgan fingerprint density at radius 1 is 1.50 bits per heavy atom. The van der Waals surface area contributed by atoms with Crippen molar-refractivity contribution in [3.8, 4) is 0 Å². The van der Waals surface area contributed by atoms with Crippen molar-refractivity contribution in [1.29, 1.82) is 0 Å². The minimum Gasteiger partial charge on any atom is -0.378 e. The van der Waals surface area contributed by atoms with Crippen LogP contribution >= 0.6 is 0 Å². The summed E-state index contributed by atoms with van der Waals surface area (Å²) in [5.41, 5.74) is 2.43. The smallest absolute Gasteiger partial charge is 0.0625 e. The van der Waals surface area contributed by atoms with E-state index in [1.54, 1.807) is 0 Å². The molecule has 102 valence electrons. The van der Waals surface area contributed by atoms with Gasteiger partial charge < -0.3 is 10.1 Å². The molecule has 1 unspecified atom stereocenters. The number of ether oxygens (including phenoxy) is 1. The molecule has 0 aliphatic carbocycles. The average molecular weight is 251 g/mol. The molecule has 1 aliphatic rings. The van der Waals surface area contributed by atoms with Gasteiger partial charge >= 0.3 is 0 Å². The molecule has 4 heteroatoms. The third kappa shape index (κ3) is 3.82. The van der Waals surface area contributed by atoms with E-state index in [0.717, 1.165) is 32.5 Å². The molecule has 2 rings (SSSR count). The number of aromatic nitrogens is 2. The van der Waals surface area contributed by atoms with Crippen molar-refractivity contribution in [2.24, 2.45) is 7.05 Å². The van der Waals surface area contributed by atoms with Crippen LogP contribution in [0.3, 0.4) is 0 Å². The summed E-state index contributed by atoms with van der Waals surface area (Å²) in [6.07, 6.45) is 6.39. The second-order valence-electron chi connectivity index (χ2n) is 5.06.